The van der Waals surface area contributed by atoms with Crippen molar-refractivity contribution in [2.45, 2.75) is 38.5 Å². The summed E-state index contributed by atoms with van der Waals surface area (Å²) in [5.74, 6) is 1.91. The molecule has 0 saturated carbocycles. The van der Waals surface area contributed by atoms with Crippen LogP contribution in [0.3, 0.4) is 0 Å². The standard InChI is InChI=1S/C32H25NO/c1-31(2)22-14-9-15-23-28(22)33-29-24(16-18-10-5-7-12-20(18)26(29)31)34-25-17-19-11-6-8-13-21(19)27(30(25)33)32(23,3)4/h5-17H,1-4H3. The van der Waals surface area contributed by atoms with Crippen molar-refractivity contribution in [3.63, 3.8) is 0 Å². The van der Waals surface area contributed by atoms with E-state index in [1.807, 2.05) is 0 Å². The minimum absolute atomic E-state index is 0.155. The number of ether oxygens (including phenoxy) is 1. The molecule has 0 unspecified atom stereocenters. The van der Waals surface area contributed by atoms with Gasteiger partial charge >= 0.3 is 0 Å². The van der Waals surface area contributed by atoms with Gasteiger partial charge in [-0.2, -0.15) is 0 Å². The van der Waals surface area contributed by atoms with Gasteiger partial charge in [-0.1, -0.05) is 94.4 Å². The van der Waals surface area contributed by atoms with Crippen molar-refractivity contribution < 1.29 is 4.74 Å². The summed E-state index contributed by atoms with van der Waals surface area (Å²) in [4.78, 5) is 2.54. The summed E-state index contributed by atoms with van der Waals surface area (Å²) >= 11 is 0. The molecule has 0 amide bonds. The van der Waals surface area contributed by atoms with Crippen LogP contribution in [0.2, 0.25) is 0 Å². The highest BCUT2D eigenvalue weighted by Gasteiger charge is 2.50. The fraction of sp³-hybridized carbons (Fsp3) is 0.188. The van der Waals surface area contributed by atoms with Crippen LogP contribution < -0.4 is 9.64 Å². The maximum Gasteiger partial charge on any atom is 0.152 e. The Labute approximate surface area is 199 Å². The number of hydrogen-bond acceptors (Lipinski definition) is 2. The zero-order chi connectivity index (χ0) is 23.0. The number of benzene rings is 5. The molecule has 5 aromatic rings. The van der Waals surface area contributed by atoms with E-state index in [1.54, 1.807) is 0 Å². The summed E-state index contributed by atoms with van der Waals surface area (Å²) in [5, 5.41) is 5.07. The summed E-state index contributed by atoms with van der Waals surface area (Å²) in [6.45, 7) is 9.50. The van der Waals surface area contributed by atoms with E-state index in [4.69, 9.17) is 4.74 Å². The van der Waals surface area contributed by atoms with Gasteiger partial charge < -0.3 is 9.64 Å². The number of para-hydroxylation sites is 1. The van der Waals surface area contributed by atoms with E-state index in [0.717, 1.165) is 11.5 Å². The van der Waals surface area contributed by atoms with Gasteiger partial charge in [-0.25, -0.2) is 0 Å². The van der Waals surface area contributed by atoms with Crippen molar-refractivity contribution >= 4 is 38.6 Å². The zero-order valence-corrected chi connectivity index (χ0v) is 19.9. The Kier molecular flexibility index (Phi) is 3.09. The van der Waals surface area contributed by atoms with Gasteiger partial charge in [-0.15, -0.1) is 0 Å². The molecule has 3 aliphatic rings. The zero-order valence-electron chi connectivity index (χ0n) is 19.9. The quantitative estimate of drug-likeness (QED) is 0.234. The highest BCUT2D eigenvalue weighted by Crippen LogP contribution is 2.67. The second-order valence-electron chi connectivity index (χ2n) is 11.0. The van der Waals surface area contributed by atoms with Crippen molar-refractivity contribution in [1.29, 1.82) is 0 Å². The molecule has 0 fully saturated rings. The van der Waals surface area contributed by atoms with E-state index in [1.165, 1.54) is 60.9 Å². The lowest BCUT2D eigenvalue weighted by molar-refractivity contribution is 0.467. The maximum atomic E-state index is 6.81. The molecule has 3 aliphatic heterocycles. The molecule has 0 bridgehead atoms. The van der Waals surface area contributed by atoms with Crippen molar-refractivity contribution in [2.24, 2.45) is 0 Å². The molecule has 0 aromatic heterocycles. The Morgan fingerprint density at radius 2 is 1.03 bits per heavy atom. The molecule has 3 heterocycles. The lowest BCUT2D eigenvalue weighted by Gasteiger charge is -2.52. The van der Waals surface area contributed by atoms with Gasteiger partial charge in [0.05, 0.1) is 17.1 Å². The van der Waals surface area contributed by atoms with Crippen LogP contribution in [0.4, 0.5) is 17.1 Å². The molecule has 34 heavy (non-hydrogen) atoms. The molecule has 5 aromatic carbocycles. The molecule has 164 valence electrons. The van der Waals surface area contributed by atoms with Crippen LogP contribution >= 0.6 is 0 Å². The summed E-state index contributed by atoms with van der Waals surface area (Å²) < 4.78 is 6.81. The SMILES string of the molecule is CC1(C)c2cccc3c2N2c4c(cc5ccccc5c41)Oc1cc4ccccc4c(c12)C3(C)C. The van der Waals surface area contributed by atoms with Gasteiger partial charge in [0.15, 0.2) is 11.5 Å². The Balaban J connectivity index is 1.64. The molecular formula is C32H25NO. The summed E-state index contributed by atoms with van der Waals surface area (Å²) in [7, 11) is 0. The smallest absolute Gasteiger partial charge is 0.152 e. The summed E-state index contributed by atoms with van der Waals surface area (Å²) in [5.41, 5.74) is 8.94. The Bertz CT molecular complexity index is 1620. The average molecular weight is 440 g/mol. The predicted molar refractivity (Wildman–Crippen MR) is 140 cm³/mol. The normalized spacial score (nSPS) is 17.5. The number of nitrogens with zero attached hydrogens (tertiary/aromatic N) is 1. The van der Waals surface area contributed by atoms with Crippen LogP contribution in [-0.4, -0.2) is 0 Å². The Morgan fingerprint density at radius 1 is 0.559 bits per heavy atom. The Hall–Kier alpha value is -3.78. The predicted octanol–water partition coefficient (Wildman–Crippen LogP) is 8.85. The number of hydrogen-bond donors (Lipinski definition) is 0. The second-order valence-corrected chi connectivity index (χ2v) is 11.0. The van der Waals surface area contributed by atoms with E-state index >= 15 is 0 Å². The molecule has 0 radical (unpaired) electrons. The van der Waals surface area contributed by atoms with Gasteiger partial charge in [0.2, 0.25) is 0 Å². The van der Waals surface area contributed by atoms with Gasteiger partial charge in [0.1, 0.15) is 0 Å². The van der Waals surface area contributed by atoms with Gasteiger partial charge in [0, 0.05) is 10.8 Å². The highest BCUT2D eigenvalue weighted by atomic mass is 16.5. The van der Waals surface area contributed by atoms with Crippen LogP contribution in [0.5, 0.6) is 11.5 Å². The average Bonchev–Trinajstić information content (AvgIpc) is 2.83. The third kappa shape index (κ3) is 1.93. The maximum absolute atomic E-state index is 6.81. The fourth-order valence-corrected chi connectivity index (χ4v) is 7.00. The monoisotopic (exact) mass is 439 g/mol. The minimum Gasteiger partial charge on any atom is -0.453 e. The first-order valence-electron chi connectivity index (χ1n) is 12.1. The molecular weight excluding hydrogens is 414 g/mol. The first-order valence-corrected chi connectivity index (χ1v) is 12.1. The van der Waals surface area contributed by atoms with Crippen molar-refractivity contribution in [2.75, 3.05) is 4.90 Å². The van der Waals surface area contributed by atoms with Crippen LogP contribution in [0.1, 0.15) is 49.9 Å². The van der Waals surface area contributed by atoms with Crippen molar-refractivity contribution in [3.8, 4) is 11.5 Å². The molecule has 0 saturated heterocycles. The molecule has 0 aliphatic carbocycles. The van der Waals surface area contributed by atoms with Crippen LogP contribution in [-0.2, 0) is 10.8 Å². The van der Waals surface area contributed by atoms with E-state index in [0.29, 0.717) is 0 Å². The lowest BCUT2D eigenvalue weighted by Crippen LogP contribution is -2.39. The second kappa shape index (κ2) is 5.64. The fourth-order valence-electron chi connectivity index (χ4n) is 7.00. The van der Waals surface area contributed by atoms with E-state index in [2.05, 4.69) is 111 Å². The molecule has 2 nitrogen and oxygen atoms in total. The van der Waals surface area contributed by atoms with Gasteiger partial charge in [-0.05, 0) is 55.9 Å². The Morgan fingerprint density at radius 3 is 1.53 bits per heavy atom. The largest absolute Gasteiger partial charge is 0.453 e. The van der Waals surface area contributed by atoms with Crippen molar-refractivity contribution in [3.05, 3.63) is 101 Å². The van der Waals surface area contributed by atoms with Crippen LogP contribution in [0.25, 0.3) is 21.5 Å². The van der Waals surface area contributed by atoms with Crippen molar-refractivity contribution in [1.82, 2.24) is 0 Å². The minimum atomic E-state index is -0.155. The topological polar surface area (TPSA) is 12.5 Å². The van der Waals surface area contributed by atoms with Gasteiger partial charge in [-0.3, -0.25) is 0 Å². The van der Waals surface area contributed by atoms with Crippen LogP contribution in [0, 0.1) is 0 Å². The molecule has 0 atom stereocenters. The third-order valence-electron chi connectivity index (χ3n) is 8.50. The highest BCUT2D eigenvalue weighted by molar-refractivity contribution is 6.09. The summed E-state index contributed by atoms with van der Waals surface area (Å²) in [6, 6.07) is 28.9. The lowest BCUT2D eigenvalue weighted by atomic mass is 9.64. The first-order chi connectivity index (χ1) is 16.4. The third-order valence-corrected chi connectivity index (χ3v) is 8.50. The van der Waals surface area contributed by atoms with Gasteiger partial charge in [0.25, 0.3) is 0 Å². The molecule has 2 heteroatoms. The summed E-state index contributed by atoms with van der Waals surface area (Å²) in [6.07, 6.45) is 0. The number of anilines is 3. The van der Waals surface area contributed by atoms with Crippen LogP contribution in [0.15, 0.2) is 78.9 Å². The van der Waals surface area contributed by atoms with E-state index in [9.17, 15) is 0 Å². The molecule has 8 rings (SSSR count). The molecule has 0 N–H and O–H groups in total. The number of fused-ring (bicyclic) bond motifs is 4. The van der Waals surface area contributed by atoms with E-state index < -0.39 is 0 Å². The number of rotatable bonds is 0. The molecule has 0 spiro atoms. The van der Waals surface area contributed by atoms with E-state index in [-0.39, 0.29) is 10.8 Å². The first kappa shape index (κ1) is 18.6.